The first kappa shape index (κ1) is 15.8. The normalized spacial score (nSPS) is 18.4. The van der Waals surface area contributed by atoms with Crippen LogP contribution in [0.25, 0.3) is 0 Å². The molecule has 1 saturated heterocycles. The van der Waals surface area contributed by atoms with E-state index in [-0.39, 0.29) is 0 Å². The van der Waals surface area contributed by atoms with Gasteiger partial charge in [-0.2, -0.15) is 0 Å². The molecule has 1 unspecified atom stereocenters. The van der Waals surface area contributed by atoms with E-state index in [1.165, 1.54) is 6.42 Å². The second kappa shape index (κ2) is 7.98. The van der Waals surface area contributed by atoms with Gasteiger partial charge in [0, 0.05) is 18.8 Å². The van der Waals surface area contributed by atoms with Crippen molar-refractivity contribution in [1.82, 2.24) is 4.98 Å². The quantitative estimate of drug-likeness (QED) is 0.808. The second-order valence-corrected chi connectivity index (χ2v) is 5.49. The van der Waals surface area contributed by atoms with E-state index in [0.717, 1.165) is 50.9 Å². The van der Waals surface area contributed by atoms with Crippen LogP contribution in [0, 0.1) is 0 Å². The van der Waals surface area contributed by atoms with Gasteiger partial charge in [-0.1, -0.05) is 13.3 Å². The maximum atomic E-state index is 11.2. The number of hydrogen-bond acceptors (Lipinski definition) is 4. The summed E-state index contributed by atoms with van der Waals surface area (Å²) in [6, 6.07) is 3.25. The minimum atomic E-state index is -0.909. The highest BCUT2D eigenvalue weighted by Crippen LogP contribution is 2.16. The molecule has 116 valence electrons. The van der Waals surface area contributed by atoms with E-state index in [4.69, 9.17) is 9.84 Å². The van der Waals surface area contributed by atoms with Crippen molar-refractivity contribution in [3.63, 3.8) is 0 Å². The fourth-order valence-electron chi connectivity index (χ4n) is 2.58. The molecule has 5 heteroatoms. The summed E-state index contributed by atoms with van der Waals surface area (Å²) in [6.07, 6.45) is 6.51. The van der Waals surface area contributed by atoms with E-state index in [9.17, 15) is 4.79 Å². The number of nitrogens with zero attached hydrogens (tertiary/aromatic N) is 1. The van der Waals surface area contributed by atoms with Gasteiger partial charge in [-0.3, -0.25) is 0 Å². The van der Waals surface area contributed by atoms with Crippen LogP contribution < -0.4 is 5.32 Å². The molecule has 1 aromatic rings. The number of anilines is 1. The molecule has 0 aromatic carbocycles. The topological polar surface area (TPSA) is 71.5 Å². The number of hydrogen-bond donors (Lipinski definition) is 2. The Morgan fingerprint density at radius 1 is 1.48 bits per heavy atom. The molecule has 1 aliphatic heterocycles. The number of carboxylic acids is 1. The molecule has 0 spiro atoms. The lowest BCUT2D eigenvalue weighted by Gasteiger charge is -2.22. The summed E-state index contributed by atoms with van der Waals surface area (Å²) >= 11 is 0. The molecule has 1 fully saturated rings. The fourth-order valence-corrected chi connectivity index (χ4v) is 2.58. The van der Waals surface area contributed by atoms with Crippen LogP contribution in [0.5, 0.6) is 0 Å². The van der Waals surface area contributed by atoms with Crippen LogP contribution in [-0.4, -0.2) is 35.3 Å². The molecule has 0 radical (unpaired) electrons. The predicted octanol–water partition coefficient (Wildman–Crippen LogP) is 3.10. The van der Waals surface area contributed by atoms with E-state index in [2.05, 4.69) is 17.2 Å². The van der Waals surface area contributed by atoms with E-state index in [1.807, 2.05) is 0 Å². The highest BCUT2D eigenvalue weighted by Gasteiger charge is 2.13. The minimum absolute atomic E-state index is 0.296. The number of rotatable bonds is 7. The van der Waals surface area contributed by atoms with E-state index in [0.29, 0.717) is 17.5 Å². The zero-order chi connectivity index (χ0) is 15.1. The largest absolute Gasteiger partial charge is 0.478 e. The fraction of sp³-hybridized carbons (Fsp3) is 0.625. The maximum absolute atomic E-state index is 11.2. The molecule has 0 bridgehead atoms. The molecule has 0 saturated carbocycles. The number of carbonyl (C=O) groups is 1. The van der Waals surface area contributed by atoms with Gasteiger partial charge in [-0.25, -0.2) is 9.78 Å². The third kappa shape index (κ3) is 5.01. The first-order chi connectivity index (χ1) is 10.2. The summed E-state index contributed by atoms with van der Waals surface area (Å²) in [5, 5.41) is 12.4. The molecule has 2 rings (SSSR count). The minimum Gasteiger partial charge on any atom is -0.478 e. The number of aromatic carboxylic acids is 1. The van der Waals surface area contributed by atoms with Crippen LogP contribution in [0.3, 0.4) is 0 Å². The van der Waals surface area contributed by atoms with Gasteiger partial charge in [0.25, 0.3) is 0 Å². The van der Waals surface area contributed by atoms with Crippen LogP contribution >= 0.6 is 0 Å². The lowest BCUT2D eigenvalue weighted by molar-refractivity contribution is 0.0134. The first-order valence-electron chi connectivity index (χ1n) is 7.78. The number of pyridine rings is 1. The van der Waals surface area contributed by atoms with Gasteiger partial charge in [0.1, 0.15) is 5.82 Å². The number of aromatic nitrogens is 1. The molecular formula is C16H24N2O3. The van der Waals surface area contributed by atoms with E-state index < -0.39 is 5.97 Å². The zero-order valence-electron chi connectivity index (χ0n) is 12.6. The van der Waals surface area contributed by atoms with Gasteiger partial charge in [0.05, 0.1) is 11.7 Å². The van der Waals surface area contributed by atoms with Crippen LogP contribution in [0.4, 0.5) is 5.82 Å². The summed E-state index contributed by atoms with van der Waals surface area (Å²) in [4.78, 5) is 15.6. The number of carboxylic acid groups (broad SMARTS) is 1. The van der Waals surface area contributed by atoms with Crippen molar-refractivity contribution in [2.45, 2.75) is 51.6 Å². The van der Waals surface area contributed by atoms with E-state index in [1.54, 1.807) is 12.1 Å². The Bertz CT molecular complexity index is 471. The molecule has 2 heterocycles. The van der Waals surface area contributed by atoms with Crippen LogP contribution in [-0.2, 0) is 11.2 Å². The molecule has 0 amide bonds. The summed E-state index contributed by atoms with van der Waals surface area (Å²) in [6.45, 7) is 3.67. The zero-order valence-corrected chi connectivity index (χ0v) is 12.6. The molecular weight excluding hydrogens is 268 g/mol. The lowest BCUT2D eigenvalue weighted by atomic mass is 10.1. The highest BCUT2D eigenvalue weighted by atomic mass is 16.5. The van der Waals surface area contributed by atoms with Gasteiger partial charge in [-0.15, -0.1) is 0 Å². The van der Waals surface area contributed by atoms with Crippen molar-refractivity contribution in [2.24, 2.45) is 0 Å². The van der Waals surface area contributed by atoms with Gasteiger partial charge in [-0.05, 0) is 44.2 Å². The Morgan fingerprint density at radius 2 is 2.33 bits per heavy atom. The van der Waals surface area contributed by atoms with Crippen molar-refractivity contribution in [2.75, 3.05) is 18.5 Å². The molecule has 2 N–H and O–H groups in total. The SMILES string of the molecule is CCCc1cc(C(=O)O)cc(NCCC2CCCCO2)n1. The Kier molecular flexibility index (Phi) is 5.99. The summed E-state index contributed by atoms with van der Waals surface area (Å²) in [7, 11) is 0. The van der Waals surface area contributed by atoms with Crippen LogP contribution in [0.2, 0.25) is 0 Å². The number of ether oxygens (including phenoxy) is 1. The molecule has 21 heavy (non-hydrogen) atoms. The van der Waals surface area contributed by atoms with Crippen molar-refractivity contribution >= 4 is 11.8 Å². The Hall–Kier alpha value is -1.62. The molecule has 0 aliphatic carbocycles. The molecule has 5 nitrogen and oxygen atoms in total. The molecule has 1 aromatic heterocycles. The van der Waals surface area contributed by atoms with Gasteiger partial charge in [0.2, 0.25) is 0 Å². The average Bonchev–Trinajstić information content (AvgIpc) is 2.48. The lowest BCUT2D eigenvalue weighted by Crippen LogP contribution is -2.22. The van der Waals surface area contributed by atoms with Crippen molar-refractivity contribution in [1.29, 1.82) is 0 Å². The predicted molar refractivity (Wildman–Crippen MR) is 81.9 cm³/mol. The summed E-state index contributed by atoms with van der Waals surface area (Å²) in [5.41, 5.74) is 1.12. The summed E-state index contributed by atoms with van der Waals surface area (Å²) < 4.78 is 5.69. The van der Waals surface area contributed by atoms with Gasteiger partial charge in [0.15, 0.2) is 0 Å². The Morgan fingerprint density at radius 3 is 3.00 bits per heavy atom. The third-order valence-electron chi connectivity index (χ3n) is 3.68. The van der Waals surface area contributed by atoms with Gasteiger partial charge < -0.3 is 15.2 Å². The Balaban J connectivity index is 1.92. The van der Waals surface area contributed by atoms with Crippen LogP contribution in [0.1, 0.15) is 55.1 Å². The Labute approximate surface area is 125 Å². The standard InChI is InChI=1S/C16H24N2O3/c1-2-5-13-10-12(16(19)20)11-15(18-13)17-8-7-14-6-3-4-9-21-14/h10-11,14H,2-9H2,1H3,(H,17,18)(H,19,20). The van der Waals surface area contributed by atoms with Crippen molar-refractivity contribution in [3.05, 3.63) is 23.4 Å². The summed E-state index contributed by atoms with van der Waals surface area (Å²) in [5.74, 6) is -0.262. The highest BCUT2D eigenvalue weighted by molar-refractivity contribution is 5.88. The van der Waals surface area contributed by atoms with Crippen molar-refractivity contribution < 1.29 is 14.6 Å². The smallest absolute Gasteiger partial charge is 0.335 e. The third-order valence-corrected chi connectivity index (χ3v) is 3.68. The number of nitrogens with one attached hydrogen (secondary N) is 1. The maximum Gasteiger partial charge on any atom is 0.335 e. The van der Waals surface area contributed by atoms with Gasteiger partial charge >= 0.3 is 5.97 Å². The van der Waals surface area contributed by atoms with E-state index >= 15 is 0 Å². The van der Waals surface area contributed by atoms with Crippen LogP contribution in [0.15, 0.2) is 12.1 Å². The van der Waals surface area contributed by atoms with Crippen molar-refractivity contribution in [3.8, 4) is 0 Å². The number of aryl methyl sites for hydroxylation is 1. The monoisotopic (exact) mass is 292 g/mol. The average molecular weight is 292 g/mol. The molecule has 1 atom stereocenters. The molecule has 1 aliphatic rings. The second-order valence-electron chi connectivity index (χ2n) is 5.49. The first-order valence-corrected chi connectivity index (χ1v) is 7.78.